The van der Waals surface area contributed by atoms with Gasteiger partial charge in [-0.1, -0.05) is 12.2 Å². The molecule has 0 saturated heterocycles. The largest absolute Gasteiger partial charge is 0.328 e. The van der Waals surface area contributed by atoms with E-state index in [4.69, 9.17) is 0 Å². The van der Waals surface area contributed by atoms with Crippen LogP contribution in [-0.4, -0.2) is 6.61 Å². The van der Waals surface area contributed by atoms with E-state index in [9.17, 15) is 4.57 Å². The van der Waals surface area contributed by atoms with Gasteiger partial charge in [-0.05, 0) is 6.92 Å². The molecule has 0 spiro atoms. The fraction of sp³-hybridized carbons (Fsp3) is 0.500. The molecule has 2 nitrogen and oxygen atoms in total. The molecule has 0 amide bonds. The molecule has 0 aromatic carbocycles. The van der Waals surface area contributed by atoms with Crippen molar-refractivity contribution >= 4 is 8.69 Å². The lowest BCUT2D eigenvalue weighted by Gasteiger charge is -1.81. The second-order valence-corrected chi connectivity index (χ2v) is 1.52. The van der Waals surface area contributed by atoms with E-state index in [1.165, 1.54) is 0 Å². The van der Waals surface area contributed by atoms with Crippen LogP contribution in [0, 0.1) is 0 Å². The average Bonchev–Trinajstić information content (AvgIpc) is 1.69. The van der Waals surface area contributed by atoms with Crippen LogP contribution in [0.1, 0.15) is 6.92 Å². The van der Waals surface area contributed by atoms with Crippen molar-refractivity contribution in [2.45, 2.75) is 6.92 Å². The molecule has 3 heteroatoms. The molecule has 42 valence electrons. The monoisotopic (exact) mass is 120 g/mol. The zero-order valence-electron chi connectivity index (χ0n) is 4.26. The van der Waals surface area contributed by atoms with E-state index >= 15 is 0 Å². The highest BCUT2D eigenvalue weighted by atomic mass is 31.1. The summed E-state index contributed by atoms with van der Waals surface area (Å²) in [6.45, 7) is 2.37. The van der Waals surface area contributed by atoms with Gasteiger partial charge < -0.3 is 4.52 Å². The zero-order valence-corrected chi connectivity index (χ0v) is 5.41. The van der Waals surface area contributed by atoms with Crippen molar-refractivity contribution in [3.8, 4) is 0 Å². The Morgan fingerprint density at radius 3 is 3.00 bits per heavy atom. The Morgan fingerprint density at radius 1 is 1.86 bits per heavy atom. The second kappa shape index (κ2) is 5.93. The highest BCUT2D eigenvalue weighted by Crippen LogP contribution is 1.91. The summed E-state index contributed by atoms with van der Waals surface area (Å²) in [7, 11) is -1.02. The molecule has 0 aliphatic carbocycles. The highest BCUT2D eigenvalue weighted by molar-refractivity contribution is 7.17. The van der Waals surface area contributed by atoms with Gasteiger partial charge >= 0.3 is 0 Å². The topological polar surface area (TPSA) is 26.3 Å². The molecule has 7 heavy (non-hydrogen) atoms. The van der Waals surface area contributed by atoms with Crippen LogP contribution in [0.15, 0.2) is 12.2 Å². The van der Waals surface area contributed by atoms with Crippen LogP contribution in [0.3, 0.4) is 0 Å². The van der Waals surface area contributed by atoms with Crippen LogP contribution < -0.4 is 0 Å². The molecular formula is C4H9O2P. The molecule has 0 radical (unpaired) electrons. The van der Waals surface area contributed by atoms with E-state index in [2.05, 4.69) is 4.52 Å². The Bertz CT molecular complexity index is 70.1. The molecule has 0 aromatic rings. The Labute approximate surface area is 44.5 Å². The third-order valence-electron chi connectivity index (χ3n) is 0.496. The van der Waals surface area contributed by atoms with Crippen LogP contribution >= 0.6 is 8.69 Å². The third kappa shape index (κ3) is 5.93. The van der Waals surface area contributed by atoms with Crippen molar-refractivity contribution < 1.29 is 9.09 Å². The Hall–Kier alpha value is -0.0700. The Morgan fingerprint density at radius 2 is 2.57 bits per heavy atom. The van der Waals surface area contributed by atoms with Crippen molar-refractivity contribution in [1.29, 1.82) is 0 Å². The molecular weight excluding hydrogens is 111 g/mol. The molecule has 0 N–H and O–H groups in total. The standard InChI is InChI=1S/C4H9O2P/c1-2-3-4-6-7-5/h2-3H,4,7H2,1H3/b3-2-. The summed E-state index contributed by atoms with van der Waals surface area (Å²) in [5.74, 6) is 0. The fourth-order valence-corrected chi connectivity index (χ4v) is 0.381. The van der Waals surface area contributed by atoms with Gasteiger partial charge in [-0.15, -0.1) is 0 Å². The van der Waals surface area contributed by atoms with Gasteiger partial charge in [-0.25, -0.2) is 0 Å². The van der Waals surface area contributed by atoms with Gasteiger partial charge in [0.2, 0.25) is 0 Å². The van der Waals surface area contributed by atoms with Crippen LogP contribution in [0.5, 0.6) is 0 Å². The first-order valence-corrected chi connectivity index (χ1v) is 3.02. The first kappa shape index (κ1) is 6.93. The van der Waals surface area contributed by atoms with Gasteiger partial charge in [0.1, 0.15) is 0 Å². The highest BCUT2D eigenvalue weighted by Gasteiger charge is 1.68. The first-order chi connectivity index (χ1) is 3.41. The quantitative estimate of drug-likeness (QED) is 0.318. The molecule has 0 bridgehead atoms. The van der Waals surface area contributed by atoms with Gasteiger partial charge in [0.25, 0.3) is 0 Å². The van der Waals surface area contributed by atoms with E-state index in [0.717, 1.165) is 0 Å². The number of allylic oxidation sites excluding steroid dienone is 1. The predicted octanol–water partition coefficient (Wildman–Crippen LogP) is 1.25. The van der Waals surface area contributed by atoms with Crippen molar-refractivity contribution in [3.05, 3.63) is 12.2 Å². The maximum atomic E-state index is 9.63. The molecule has 1 atom stereocenters. The first-order valence-electron chi connectivity index (χ1n) is 2.08. The van der Waals surface area contributed by atoms with Crippen molar-refractivity contribution in [1.82, 2.24) is 0 Å². The molecule has 1 unspecified atom stereocenters. The van der Waals surface area contributed by atoms with E-state index in [1.54, 1.807) is 0 Å². The maximum Gasteiger partial charge on any atom is 0.180 e. The predicted molar refractivity (Wildman–Crippen MR) is 31.2 cm³/mol. The van der Waals surface area contributed by atoms with E-state index in [-0.39, 0.29) is 0 Å². The Balaban J connectivity index is 2.82. The SMILES string of the molecule is C/C=C\CO[PH2]=O. The molecule has 0 aliphatic rings. The van der Waals surface area contributed by atoms with E-state index in [0.29, 0.717) is 6.61 Å². The number of hydrogen-bond acceptors (Lipinski definition) is 2. The van der Waals surface area contributed by atoms with Crippen LogP contribution in [0.25, 0.3) is 0 Å². The summed E-state index contributed by atoms with van der Waals surface area (Å²) >= 11 is 0. The van der Waals surface area contributed by atoms with Gasteiger partial charge in [-0.3, -0.25) is 4.57 Å². The summed E-state index contributed by atoms with van der Waals surface area (Å²) in [5.41, 5.74) is 0. The molecule has 0 rings (SSSR count). The van der Waals surface area contributed by atoms with Crippen molar-refractivity contribution in [2.75, 3.05) is 6.61 Å². The van der Waals surface area contributed by atoms with E-state index < -0.39 is 8.69 Å². The summed E-state index contributed by atoms with van der Waals surface area (Å²) in [6, 6.07) is 0. The van der Waals surface area contributed by atoms with Crippen molar-refractivity contribution in [2.24, 2.45) is 0 Å². The zero-order chi connectivity index (χ0) is 5.54. The smallest absolute Gasteiger partial charge is 0.180 e. The van der Waals surface area contributed by atoms with E-state index in [1.807, 2.05) is 19.1 Å². The van der Waals surface area contributed by atoms with Gasteiger partial charge in [0.05, 0.1) is 6.61 Å². The fourth-order valence-electron chi connectivity index (χ4n) is 0.191. The Kier molecular flexibility index (Phi) is 5.87. The minimum absolute atomic E-state index is 0.481. The van der Waals surface area contributed by atoms with Crippen LogP contribution in [0.2, 0.25) is 0 Å². The normalized spacial score (nSPS) is 12.1. The molecule has 0 aromatic heterocycles. The average molecular weight is 120 g/mol. The lowest BCUT2D eigenvalue weighted by Crippen LogP contribution is -1.71. The summed E-state index contributed by atoms with van der Waals surface area (Å²) in [5, 5.41) is 0. The lowest BCUT2D eigenvalue weighted by molar-refractivity contribution is 0.387. The van der Waals surface area contributed by atoms with Crippen LogP contribution in [-0.2, 0) is 9.09 Å². The molecule has 0 fully saturated rings. The summed E-state index contributed by atoms with van der Waals surface area (Å²) in [6.07, 6.45) is 3.67. The summed E-state index contributed by atoms with van der Waals surface area (Å²) < 4.78 is 14.1. The second-order valence-electron chi connectivity index (χ2n) is 0.999. The number of rotatable bonds is 3. The third-order valence-corrected chi connectivity index (χ3v) is 0.825. The minimum Gasteiger partial charge on any atom is -0.328 e. The maximum absolute atomic E-state index is 9.63. The lowest BCUT2D eigenvalue weighted by atomic mass is 10.6. The molecule has 0 heterocycles. The van der Waals surface area contributed by atoms with Gasteiger partial charge in [0, 0.05) is 0 Å². The van der Waals surface area contributed by atoms with Gasteiger partial charge in [0.15, 0.2) is 8.69 Å². The van der Waals surface area contributed by atoms with Crippen LogP contribution in [0.4, 0.5) is 0 Å². The van der Waals surface area contributed by atoms with Gasteiger partial charge in [-0.2, -0.15) is 0 Å². The number of hydrogen-bond donors (Lipinski definition) is 0. The van der Waals surface area contributed by atoms with Crippen molar-refractivity contribution in [3.63, 3.8) is 0 Å². The molecule has 0 saturated carbocycles. The summed E-state index contributed by atoms with van der Waals surface area (Å²) in [4.78, 5) is 0. The minimum atomic E-state index is -1.02. The molecule has 0 aliphatic heterocycles.